The standard InChI is InChI=1S/C20H14FN5O3/c21-20-23-18-10-9-16(26(27)28)12-17(18)19(24-20)25(15-7-2-1-3-8-15)29-13-14-6-4-5-11-22-14/h1-12H,13H2. The summed E-state index contributed by atoms with van der Waals surface area (Å²) in [7, 11) is 0. The van der Waals surface area contributed by atoms with E-state index in [1.807, 2.05) is 12.1 Å². The number of hydrogen-bond donors (Lipinski definition) is 0. The van der Waals surface area contributed by atoms with Crippen molar-refractivity contribution in [2.45, 2.75) is 6.61 Å². The van der Waals surface area contributed by atoms with E-state index in [0.717, 1.165) is 0 Å². The minimum atomic E-state index is -0.969. The third kappa shape index (κ3) is 3.99. The Morgan fingerprint density at radius 1 is 1.03 bits per heavy atom. The van der Waals surface area contributed by atoms with Crippen LogP contribution in [-0.2, 0) is 11.4 Å². The monoisotopic (exact) mass is 391 g/mol. The number of non-ortho nitro benzene ring substituents is 1. The number of nitro groups is 1. The van der Waals surface area contributed by atoms with Crippen LogP contribution in [0.25, 0.3) is 10.9 Å². The first-order chi connectivity index (χ1) is 14.1. The van der Waals surface area contributed by atoms with E-state index in [2.05, 4.69) is 15.0 Å². The topological polar surface area (TPSA) is 94.3 Å². The highest BCUT2D eigenvalue weighted by Gasteiger charge is 2.20. The highest BCUT2D eigenvalue weighted by Crippen LogP contribution is 2.32. The van der Waals surface area contributed by atoms with Crippen LogP contribution < -0.4 is 5.06 Å². The van der Waals surface area contributed by atoms with E-state index in [9.17, 15) is 14.5 Å². The average Bonchev–Trinajstić information content (AvgIpc) is 2.75. The number of aromatic nitrogens is 3. The summed E-state index contributed by atoms with van der Waals surface area (Å²) in [6.07, 6.45) is 0.665. The molecule has 0 saturated carbocycles. The number of rotatable bonds is 6. The molecular formula is C20H14FN5O3. The van der Waals surface area contributed by atoms with Gasteiger partial charge in [-0.25, -0.2) is 10.0 Å². The van der Waals surface area contributed by atoms with Gasteiger partial charge >= 0.3 is 6.08 Å². The van der Waals surface area contributed by atoms with E-state index in [0.29, 0.717) is 11.4 Å². The van der Waals surface area contributed by atoms with Gasteiger partial charge in [-0.2, -0.15) is 9.37 Å². The van der Waals surface area contributed by atoms with E-state index in [-0.39, 0.29) is 29.0 Å². The van der Waals surface area contributed by atoms with Crippen molar-refractivity contribution in [1.82, 2.24) is 15.0 Å². The summed E-state index contributed by atoms with van der Waals surface area (Å²) >= 11 is 0. The van der Waals surface area contributed by atoms with Crippen molar-refractivity contribution in [2.24, 2.45) is 0 Å². The maximum Gasteiger partial charge on any atom is 0.311 e. The molecule has 2 heterocycles. The molecule has 2 aromatic carbocycles. The minimum absolute atomic E-state index is 0.0540. The minimum Gasteiger partial charge on any atom is -0.261 e. The smallest absolute Gasteiger partial charge is 0.261 e. The van der Waals surface area contributed by atoms with Crippen molar-refractivity contribution < 1.29 is 14.2 Å². The van der Waals surface area contributed by atoms with Crippen LogP contribution in [0.1, 0.15) is 5.69 Å². The van der Waals surface area contributed by atoms with Gasteiger partial charge in [-0.15, -0.1) is 0 Å². The Labute approximate surface area is 164 Å². The maximum atomic E-state index is 14.1. The lowest BCUT2D eigenvalue weighted by molar-refractivity contribution is -0.384. The second-order valence-corrected chi connectivity index (χ2v) is 6.00. The molecule has 0 unspecified atom stereocenters. The molecule has 4 aromatic rings. The van der Waals surface area contributed by atoms with Crippen molar-refractivity contribution in [3.63, 3.8) is 0 Å². The van der Waals surface area contributed by atoms with Crippen molar-refractivity contribution in [3.05, 3.63) is 94.8 Å². The van der Waals surface area contributed by atoms with Gasteiger partial charge in [0.15, 0.2) is 5.82 Å². The van der Waals surface area contributed by atoms with E-state index < -0.39 is 11.0 Å². The normalized spacial score (nSPS) is 10.8. The van der Waals surface area contributed by atoms with Gasteiger partial charge in [0.1, 0.15) is 6.61 Å². The van der Waals surface area contributed by atoms with E-state index >= 15 is 0 Å². The first-order valence-electron chi connectivity index (χ1n) is 8.61. The predicted molar refractivity (Wildman–Crippen MR) is 104 cm³/mol. The molecule has 0 aliphatic rings. The number of anilines is 2. The van der Waals surface area contributed by atoms with Crippen molar-refractivity contribution >= 4 is 28.1 Å². The summed E-state index contributed by atoms with van der Waals surface area (Å²) in [5, 5.41) is 12.8. The molecule has 29 heavy (non-hydrogen) atoms. The average molecular weight is 391 g/mol. The number of pyridine rings is 1. The summed E-state index contributed by atoms with van der Waals surface area (Å²) in [5.41, 5.74) is 1.28. The summed E-state index contributed by atoms with van der Waals surface area (Å²) in [5.74, 6) is 0.0540. The molecule has 0 aliphatic heterocycles. The maximum absolute atomic E-state index is 14.1. The van der Waals surface area contributed by atoms with Crippen LogP contribution >= 0.6 is 0 Å². The fourth-order valence-electron chi connectivity index (χ4n) is 2.78. The van der Waals surface area contributed by atoms with E-state index in [4.69, 9.17) is 4.84 Å². The number of nitrogens with zero attached hydrogens (tertiary/aromatic N) is 5. The lowest BCUT2D eigenvalue weighted by Crippen LogP contribution is -2.20. The van der Waals surface area contributed by atoms with Gasteiger partial charge in [0.2, 0.25) is 0 Å². The molecule has 144 valence electrons. The Morgan fingerprint density at radius 2 is 1.83 bits per heavy atom. The SMILES string of the molecule is O=[N+]([O-])c1ccc2nc(F)nc(N(OCc3ccccn3)c3ccccc3)c2c1. The number of benzene rings is 2. The third-order valence-corrected chi connectivity index (χ3v) is 4.09. The number of nitro benzene ring substituents is 1. The van der Waals surface area contributed by atoms with Crippen LogP contribution in [-0.4, -0.2) is 19.9 Å². The molecule has 0 atom stereocenters. The predicted octanol–water partition coefficient (Wildman–Crippen LogP) is 4.34. The highest BCUT2D eigenvalue weighted by molar-refractivity contribution is 5.92. The van der Waals surface area contributed by atoms with Gasteiger partial charge in [-0.3, -0.25) is 19.9 Å². The van der Waals surface area contributed by atoms with Crippen molar-refractivity contribution in [1.29, 1.82) is 0 Å². The second-order valence-electron chi connectivity index (χ2n) is 6.00. The Balaban J connectivity index is 1.84. The molecule has 0 spiro atoms. The molecule has 0 bridgehead atoms. The zero-order valence-corrected chi connectivity index (χ0v) is 15.0. The van der Waals surface area contributed by atoms with Crippen LogP contribution in [0.5, 0.6) is 0 Å². The molecule has 0 amide bonds. The molecule has 9 heteroatoms. The Bertz CT molecular complexity index is 1160. The lowest BCUT2D eigenvalue weighted by atomic mass is 10.2. The van der Waals surface area contributed by atoms with Gasteiger partial charge in [0.25, 0.3) is 5.69 Å². The van der Waals surface area contributed by atoms with Crippen LogP contribution in [0.4, 0.5) is 21.6 Å². The van der Waals surface area contributed by atoms with Gasteiger partial charge < -0.3 is 0 Å². The van der Waals surface area contributed by atoms with E-state index in [1.54, 1.807) is 42.6 Å². The first kappa shape index (κ1) is 18.4. The molecule has 4 rings (SSSR count). The summed E-state index contributed by atoms with van der Waals surface area (Å²) in [4.78, 5) is 28.4. The fraction of sp³-hybridized carbons (Fsp3) is 0.0500. The summed E-state index contributed by atoms with van der Waals surface area (Å²) < 4.78 is 14.1. The molecule has 0 fully saturated rings. The molecule has 0 radical (unpaired) electrons. The molecule has 2 aromatic heterocycles. The lowest BCUT2D eigenvalue weighted by Gasteiger charge is -2.23. The second kappa shape index (κ2) is 7.95. The number of hydrogen-bond acceptors (Lipinski definition) is 7. The van der Waals surface area contributed by atoms with Crippen LogP contribution in [0, 0.1) is 16.2 Å². The zero-order chi connectivity index (χ0) is 20.2. The van der Waals surface area contributed by atoms with Crippen molar-refractivity contribution in [3.8, 4) is 0 Å². The molecule has 0 saturated heterocycles. The Morgan fingerprint density at radius 3 is 2.55 bits per heavy atom. The summed E-state index contributed by atoms with van der Waals surface area (Å²) in [6.45, 7) is 0.0811. The molecule has 0 aliphatic carbocycles. The number of para-hydroxylation sites is 1. The van der Waals surface area contributed by atoms with Gasteiger partial charge in [-0.1, -0.05) is 24.3 Å². The zero-order valence-electron chi connectivity index (χ0n) is 15.0. The molecular weight excluding hydrogens is 377 g/mol. The van der Waals surface area contributed by atoms with Crippen LogP contribution in [0.2, 0.25) is 0 Å². The van der Waals surface area contributed by atoms with Gasteiger partial charge in [-0.05, 0) is 30.3 Å². The first-order valence-corrected chi connectivity index (χ1v) is 8.61. The number of halogens is 1. The molecule has 0 N–H and O–H groups in total. The van der Waals surface area contributed by atoms with E-state index in [1.165, 1.54) is 23.3 Å². The summed E-state index contributed by atoms with van der Waals surface area (Å²) in [6, 6.07) is 18.2. The van der Waals surface area contributed by atoms with Gasteiger partial charge in [0.05, 0.1) is 27.2 Å². The Kier molecular flexibility index (Phi) is 5.04. The number of fused-ring (bicyclic) bond motifs is 1. The Hall–Kier alpha value is -3.98. The van der Waals surface area contributed by atoms with Gasteiger partial charge in [0, 0.05) is 18.3 Å². The molecule has 8 nitrogen and oxygen atoms in total. The van der Waals surface area contributed by atoms with Crippen molar-refractivity contribution in [2.75, 3.05) is 5.06 Å². The third-order valence-electron chi connectivity index (χ3n) is 4.09. The highest BCUT2D eigenvalue weighted by atomic mass is 19.1. The quantitative estimate of drug-likeness (QED) is 0.274. The van der Waals surface area contributed by atoms with Crippen LogP contribution in [0.3, 0.4) is 0 Å². The largest absolute Gasteiger partial charge is 0.311 e. The van der Waals surface area contributed by atoms with Crippen LogP contribution in [0.15, 0.2) is 72.9 Å². The fourth-order valence-corrected chi connectivity index (χ4v) is 2.78.